The first kappa shape index (κ1) is 16.6. The van der Waals surface area contributed by atoms with Crippen LogP contribution in [-0.4, -0.2) is 19.1 Å². The summed E-state index contributed by atoms with van der Waals surface area (Å²) in [5, 5.41) is 0. The van der Waals surface area contributed by atoms with Gasteiger partial charge in [0, 0.05) is 28.8 Å². The molecular formula is C18H20BrNO2. The Balaban J connectivity index is 2.00. The minimum absolute atomic E-state index is 0.262. The Kier molecular flexibility index (Phi) is 6.01. The van der Waals surface area contributed by atoms with E-state index in [0.717, 1.165) is 28.8 Å². The lowest BCUT2D eigenvalue weighted by molar-refractivity contribution is 0.0472. The fourth-order valence-corrected chi connectivity index (χ4v) is 2.64. The van der Waals surface area contributed by atoms with Gasteiger partial charge in [-0.1, -0.05) is 34.1 Å². The molecule has 22 heavy (non-hydrogen) atoms. The molecule has 0 aliphatic heterocycles. The second-order valence-electron chi connectivity index (χ2n) is 4.89. The van der Waals surface area contributed by atoms with Crippen LogP contribution in [0.25, 0.3) is 0 Å². The van der Waals surface area contributed by atoms with Crippen molar-refractivity contribution in [2.24, 2.45) is 0 Å². The molecule has 0 amide bonds. The van der Waals surface area contributed by atoms with Gasteiger partial charge in [-0.3, -0.25) is 0 Å². The lowest BCUT2D eigenvalue weighted by atomic mass is 10.2. The molecule has 0 saturated carbocycles. The quantitative estimate of drug-likeness (QED) is 0.701. The van der Waals surface area contributed by atoms with Crippen LogP contribution in [0.4, 0.5) is 5.69 Å². The van der Waals surface area contributed by atoms with Crippen molar-refractivity contribution < 1.29 is 9.53 Å². The predicted octanol–water partition coefficient (Wildman–Crippen LogP) is 4.65. The average Bonchev–Trinajstić information content (AvgIpc) is 2.55. The summed E-state index contributed by atoms with van der Waals surface area (Å²) in [6.07, 6.45) is 0. The van der Waals surface area contributed by atoms with Crippen molar-refractivity contribution in [2.75, 3.05) is 18.0 Å². The molecule has 0 spiro atoms. The molecule has 0 heterocycles. The number of hydrogen-bond acceptors (Lipinski definition) is 3. The maximum atomic E-state index is 12.1. The number of hydrogen-bond donors (Lipinski definition) is 0. The van der Waals surface area contributed by atoms with Crippen molar-refractivity contribution in [1.82, 2.24) is 0 Å². The molecule has 4 heteroatoms. The Bertz CT molecular complexity index is 621. The van der Waals surface area contributed by atoms with E-state index >= 15 is 0 Å². The van der Waals surface area contributed by atoms with Gasteiger partial charge in [0.05, 0.1) is 5.56 Å². The third kappa shape index (κ3) is 4.10. The Morgan fingerprint density at radius 1 is 1.05 bits per heavy atom. The molecule has 0 aliphatic rings. The Morgan fingerprint density at radius 3 is 2.27 bits per heavy atom. The number of benzene rings is 2. The van der Waals surface area contributed by atoms with Crippen molar-refractivity contribution in [3.05, 3.63) is 64.1 Å². The van der Waals surface area contributed by atoms with Crippen LogP contribution in [0.3, 0.4) is 0 Å². The van der Waals surface area contributed by atoms with E-state index in [2.05, 4.69) is 34.7 Å². The summed E-state index contributed by atoms with van der Waals surface area (Å²) in [4.78, 5) is 14.3. The van der Waals surface area contributed by atoms with Crippen molar-refractivity contribution in [1.29, 1.82) is 0 Å². The molecular weight excluding hydrogens is 342 g/mol. The van der Waals surface area contributed by atoms with Gasteiger partial charge in [-0.25, -0.2) is 4.79 Å². The maximum absolute atomic E-state index is 12.1. The molecule has 0 N–H and O–H groups in total. The first-order valence-corrected chi connectivity index (χ1v) is 8.20. The second-order valence-corrected chi connectivity index (χ2v) is 5.74. The third-order valence-electron chi connectivity index (χ3n) is 3.55. The summed E-state index contributed by atoms with van der Waals surface area (Å²) in [5.41, 5.74) is 2.64. The van der Waals surface area contributed by atoms with Crippen molar-refractivity contribution in [3.63, 3.8) is 0 Å². The smallest absolute Gasteiger partial charge is 0.338 e. The molecule has 0 aromatic heterocycles. The molecule has 116 valence electrons. The zero-order valence-electron chi connectivity index (χ0n) is 12.9. The minimum atomic E-state index is -0.304. The van der Waals surface area contributed by atoms with Crippen LogP contribution in [0.1, 0.15) is 29.8 Å². The van der Waals surface area contributed by atoms with E-state index in [1.165, 1.54) is 0 Å². The van der Waals surface area contributed by atoms with Crippen molar-refractivity contribution in [2.45, 2.75) is 20.5 Å². The summed E-state index contributed by atoms with van der Waals surface area (Å²) in [6, 6.07) is 15.3. The van der Waals surface area contributed by atoms with Crippen molar-refractivity contribution in [3.8, 4) is 0 Å². The Hall–Kier alpha value is -1.81. The maximum Gasteiger partial charge on any atom is 0.338 e. The van der Waals surface area contributed by atoms with E-state index in [4.69, 9.17) is 4.74 Å². The molecule has 2 aromatic rings. The number of esters is 1. The van der Waals surface area contributed by atoms with Crippen LogP contribution in [0.15, 0.2) is 53.0 Å². The lowest BCUT2D eigenvalue weighted by Crippen LogP contribution is -2.21. The fraction of sp³-hybridized carbons (Fsp3) is 0.278. The van der Waals surface area contributed by atoms with Gasteiger partial charge in [0.15, 0.2) is 0 Å². The van der Waals surface area contributed by atoms with Gasteiger partial charge in [-0.2, -0.15) is 0 Å². The third-order valence-corrected chi connectivity index (χ3v) is 4.32. The topological polar surface area (TPSA) is 29.5 Å². The van der Waals surface area contributed by atoms with Crippen molar-refractivity contribution >= 4 is 27.6 Å². The number of ether oxygens (including phenoxy) is 1. The van der Waals surface area contributed by atoms with Gasteiger partial charge in [-0.15, -0.1) is 0 Å². The molecule has 2 aromatic carbocycles. The summed E-state index contributed by atoms with van der Waals surface area (Å²) in [7, 11) is 0. The molecule has 0 bridgehead atoms. The Labute approximate surface area is 140 Å². The van der Waals surface area contributed by atoms with E-state index in [1.54, 1.807) is 0 Å². The van der Waals surface area contributed by atoms with Crippen LogP contribution in [0.2, 0.25) is 0 Å². The van der Waals surface area contributed by atoms with E-state index in [9.17, 15) is 4.79 Å². The van der Waals surface area contributed by atoms with E-state index in [-0.39, 0.29) is 12.6 Å². The van der Waals surface area contributed by atoms with Gasteiger partial charge in [0.25, 0.3) is 0 Å². The number of anilines is 1. The zero-order valence-corrected chi connectivity index (χ0v) is 14.5. The SMILES string of the molecule is CCN(CC)c1ccc(C(=O)OCc2ccccc2Br)cc1. The molecule has 0 atom stereocenters. The monoisotopic (exact) mass is 361 g/mol. The second kappa shape index (κ2) is 7.99. The summed E-state index contributed by atoms with van der Waals surface area (Å²) >= 11 is 3.45. The average molecular weight is 362 g/mol. The van der Waals surface area contributed by atoms with Crippen LogP contribution in [-0.2, 0) is 11.3 Å². The highest BCUT2D eigenvalue weighted by molar-refractivity contribution is 9.10. The molecule has 3 nitrogen and oxygen atoms in total. The number of carbonyl (C=O) groups excluding carboxylic acids is 1. The molecule has 0 fully saturated rings. The number of rotatable bonds is 6. The summed E-state index contributed by atoms with van der Waals surface area (Å²) < 4.78 is 6.31. The number of halogens is 1. The number of nitrogens with zero attached hydrogens (tertiary/aromatic N) is 1. The predicted molar refractivity (Wildman–Crippen MR) is 93.3 cm³/mol. The molecule has 2 rings (SSSR count). The first-order valence-electron chi connectivity index (χ1n) is 7.41. The fourth-order valence-electron chi connectivity index (χ4n) is 2.24. The zero-order chi connectivity index (χ0) is 15.9. The van der Waals surface area contributed by atoms with Gasteiger partial charge < -0.3 is 9.64 Å². The van der Waals surface area contributed by atoms with Gasteiger partial charge in [-0.05, 0) is 44.2 Å². The highest BCUT2D eigenvalue weighted by Crippen LogP contribution is 2.18. The summed E-state index contributed by atoms with van der Waals surface area (Å²) in [5.74, 6) is -0.304. The van der Waals surface area contributed by atoms with E-state index < -0.39 is 0 Å². The van der Waals surface area contributed by atoms with Crippen LogP contribution in [0, 0.1) is 0 Å². The van der Waals surface area contributed by atoms with E-state index in [1.807, 2.05) is 48.5 Å². The van der Waals surface area contributed by atoms with E-state index in [0.29, 0.717) is 5.56 Å². The summed E-state index contributed by atoms with van der Waals surface area (Å²) in [6.45, 7) is 6.38. The standard InChI is InChI=1S/C18H20BrNO2/c1-3-20(4-2)16-11-9-14(10-12-16)18(21)22-13-15-7-5-6-8-17(15)19/h5-12H,3-4,13H2,1-2H3. The Morgan fingerprint density at radius 2 is 1.68 bits per heavy atom. The van der Waals surface area contributed by atoms with Crippen LogP contribution < -0.4 is 4.90 Å². The molecule has 0 radical (unpaired) electrons. The lowest BCUT2D eigenvalue weighted by Gasteiger charge is -2.20. The normalized spacial score (nSPS) is 10.3. The molecule has 0 saturated heterocycles. The van der Waals surface area contributed by atoms with Gasteiger partial charge in [0.1, 0.15) is 6.61 Å². The highest BCUT2D eigenvalue weighted by atomic mass is 79.9. The first-order chi connectivity index (χ1) is 10.7. The van der Waals surface area contributed by atoms with Gasteiger partial charge in [0.2, 0.25) is 0 Å². The van der Waals surface area contributed by atoms with Crippen LogP contribution >= 0.6 is 15.9 Å². The molecule has 0 aliphatic carbocycles. The molecule has 0 unspecified atom stereocenters. The number of carbonyl (C=O) groups is 1. The van der Waals surface area contributed by atoms with Crippen LogP contribution in [0.5, 0.6) is 0 Å². The largest absolute Gasteiger partial charge is 0.457 e. The minimum Gasteiger partial charge on any atom is -0.457 e. The van der Waals surface area contributed by atoms with Gasteiger partial charge >= 0.3 is 5.97 Å². The highest BCUT2D eigenvalue weighted by Gasteiger charge is 2.09.